The minimum absolute atomic E-state index is 0.0932. The lowest BCUT2D eigenvalue weighted by molar-refractivity contribution is -0.131. The van der Waals surface area contributed by atoms with Gasteiger partial charge in [0.1, 0.15) is 0 Å². The molecule has 0 saturated carbocycles. The zero-order valence-corrected chi connectivity index (χ0v) is 12.5. The Morgan fingerprint density at radius 2 is 1.53 bits per heavy atom. The molecular weight excluding hydrogens is 240 g/mol. The zero-order chi connectivity index (χ0) is 13.9. The van der Waals surface area contributed by atoms with E-state index in [2.05, 4.69) is 0 Å². The quantitative estimate of drug-likeness (QED) is 0.742. The van der Waals surface area contributed by atoms with E-state index in [1.165, 1.54) is 4.31 Å². The first-order chi connectivity index (χ1) is 7.54. The lowest BCUT2D eigenvalue weighted by atomic mass is 10.1. The third-order valence-corrected chi connectivity index (χ3v) is 4.02. The second kappa shape index (κ2) is 5.82. The van der Waals surface area contributed by atoms with Gasteiger partial charge in [-0.2, -0.15) is 4.31 Å². The first-order valence-electron chi connectivity index (χ1n) is 5.79. The monoisotopic (exact) mass is 264 g/mol. The van der Waals surface area contributed by atoms with Gasteiger partial charge in [0.2, 0.25) is 15.9 Å². The number of amides is 1. The molecule has 0 N–H and O–H groups in total. The predicted octanol–water partition coefficient (Wildman–Crippen LogP) is 0.915. The van der Waals surface area contributed by atoms with Crippen LogP contribution in [0.25, 0.3) is 0 Å². The molecule has 0 unspecified atom stereocenters. The summed E-state index contributed by atoms with van der Waals surface area (Å²) in [4.78, 5) is 13.6. The number of hydrogen-bond donors (Lipinski definition) is 0. The van der Waals surface area contributed by atoms with Crippen LogP contribution in [0.3, 0.4) is 0 Å². The second-order valence-electron chi connectivity index (χ2n) is 5.01. The van der Waals surface area contributed by atoms with Gasteiger partial charge in [-0.15, -0.1) is 0 Å². The maximum absolute atomic E-state index is 11.9. The molecule has 6 heteroatoms. The number of carbonyl (C=O) groups is 1. The van der Waals surface area contributed by atoms with E-state index in [1.54, 1.807) is 25.7 Å². The minimum atomic E-state index is -3.38. The van der Waals surface area contributed by atoms with Crippen LogP contribution >= 0.6 is 0 Å². The number of hydrogen-bond acceptors (Lipinski definition) is 3. The van der Waals surface area contributed by atoms with E-state index >= 15 is 0 Å². The van der Waals surface area contributed by atoms with Crippen LogP contribution in [0.15, 0.2) is 0 Å². The van der Waals surface area contributed by atoms with Crippen LogP contribution < -0.4 is 0 Å². The van der Waals surface area contributed by atoms with Crippen LogP contribution in [0, 0.1) is 0 Å². The van der Waals surface area contributed by atoms with Gasteiger partial charge in [0.15, 0.2) is 0 Å². The Kier molecular flexibility index (Phi) is 5.61. The van der Waals surface area contributed by atoms with Gasteiger partial charge >= 0.3 is 0 Å². The Hall–Kier alpha value is -0.620. The van der Waals surface area contributed by atoms with Crippen molar-refractivity contribution < 1.29 is 13.2 Å². The molecule has 0 aliphatic rings. The molecule has 0 heterocycles. The summed E-state index contributed by atoms with van der Waals surface area (Å²) in [6, 6.07) is 0. The number of sulfonamides is 1. The average Bonchev–Trinajstić information content (AvgIpc) is 2.12. The first-order valence-corrected chi connectivity index (χ1v) is 7.64. The van der Waals surface area contributed by atoms with Gasteiger partial charge in [-0.3, -0.25) is 4.79 Å². The molecule has 0 aliphatic heterocycles. The van der Waals surface area contributed by atoms with Crippen LogP contribution in [0.5, 0.6) is 0 Å². The predicted molar refractivity (Wildman–Crippen MR) is 69.2 cm³/mol. The standard InChI is InChI=1S/C11H24N2O3S/c1-7-12(8-2)10(14)9-13(11(3,4)5)17(6,15)16/h7-9H2,1-6H3. The molecule has 1 amide bonds. The SMILES string of the molecule is CCN(CC)C(=O)CN(C(C)(C)C)S(C)(=O)=O. The van der Waals surface area contributed by atoms with Gasteiger partial charge in [0.05, 0.1) is 12.8 Å². The molecule has 5 nitrogen and oxygen atoms in total. The Morgan fingerprint density at radius 3 is 1.76 bits per heavy atom. The lowest BCUT2D eigenvalue weighted by Crippen LogP contribution is -2.50. The number of carbonyl (C=O) groups excluding carboxylic acids is 1. The van der Waals surface area contributed by atoms with Gasteiger partial charge in [0.25, 0.3) is 0 Å². The number of likely N-dealkylation sites (N-methyl/N-ethyl adjacent to an activating group) is 1. The fraction of sp³-hybridized carbons (Fsp3) is 0.909. The van der Waals surface area contributed by atoms with Crippen molar-refractivity contribution in [3.63, 3.8) is 0 Å². The summed E-state index contributed by atoms with van der Waals surface area (Å²) < 4.78 is 24.6. The highest BCUT2D eigenvalue weighted by Gasteiger charge is 2.32. The highest BCUT2D eigenvalue weighted by molar-refractivity contribution is 7.88. The largest absolute Gasteiger partial charge is 0.342 e. The normalized spacial score (nSPS) is 12.9. The molecule has 0 spiro atoms. The Bertz CT molecular complexity index is 353. The summed E-state index contributed by atoms with van der Waals surface area (Å²) in [5.41, 5.74) is -0.587. The summed E-state index contributed by atoms with van der Waals surface area (Å²) in [5.74, 6) is -0.157. The molecule has 0 radical (unpaired) electrons. The molecule has 0 rings (SSSR count). The molecule has 0 saturated heterocycles. The van der Waals surface area contributed by atoms with E-state index in [-0.39, 0.29) is 12.5 Å². The van der Waals surface area contributed by atoms with Crippen molar-refractivity contribution in [3.05, 3.63) is 0 Å². The molecule has 0 aromatic rings. The molecule has 0 aliphatic carbocycles. The molecule has 0 fully saturated rings. The van der Waals surface area contributed by atoms with Crippen molar-refractivity contribution in [2.45, 2.75) is 40.2 Å². The van der Waals surface area contributed by atoms with Crippen LogP contribution in [0.4, 0.5) is 0 Å². The smallest absolute Gasteiger partial charge is 0.237 e. The topological polar surface area (TPSA) is 57.7 Å². The Morgan fingerprint density at radius 1 is 1.12 bits per heavy atom. The van der Waals surface area contributed by atoms with Gasteiger partial charge in [0, 0.05) is 18.6 Å². The van der Waals surface area contributed by atoms with Crippen molar-refractivity contribution >= 4 is 15.9 Å². The molecule has 17 heavy (non-hydrogen) atoms. The maximum atomic E-state index is 11.9. The van der Waals surface area contributed by atoms with Gasteiger partial charge in [-0.25, -0.2) is 8.42 Å². The molecule has 102 valence electrons. The molecule has 0 bridgehead atoms. The third-order valence-electron chi connectivity index (χ3n) is 2.54. The highest BCUT2D eigenvalue weighted by Crippen LogP contribution is 2.17. The molecule has 0 atom stereocenters. The van der Waals surface area contributed by atoms with Crippen molar-refractivity contribution in [3.8, 4) is 0 Å². The average molecular weight is 264 g/mol. The minimum Gasteiger partial charge on any atom is -0.342 e. The van der Waals surface area contributed by atoms with E-state index in [1.807, 2.05) is 13.8 Å². The van der Waals surface area contributed by atoms with E-state index in [4.69, 9.17) is 0 Å². The van der Waals surface area contributed by atoms with Crippen molar-refractivity contribution in [2.75, 3.05) is 25.9 Å². The number of rotatable bonds is 5. The Labute approximate surface area is 105 Å². The van der Waals surface area contributed by atoms with Gasteiger partial charge < -0.3 is 4.90 Å². The zero-order valence-electron chi connectivity index (χ0n) is 11.6. The molecular formula is C11H24N2O3S. The van der Waals surface area contributed by atoms with Crippen molar-refractivity contribution in [2.24, 2.45) is 0 Å². The second-order valence-corrected chi connectivity index (χ2v) is 6.91. The summed E-state index contributed by atoms with van der Waals surface area (Å²) in [7, 11) is -3.38. The number of nitrogens with zero attached hydrogens (tertiary/aromatic N) is 2. The first kappa shape index (κ1) is 16.4. The van der Waals surface area contributed by atoms with Crippen LogP contribution in [-0.2, 0) is 14.8 Å². The van der Waals surface area contributed by atoms with Gasteiger partial charge in [-0.05, 0) is 34.6 Å². The van der Waals surface area contributed by atoms with E-state index in [9.17, 15) is 13.2 Å². The fourth-order valence-corrected chi connectivity index (χ4v) is 2.99. The molecule has 0 aromatic carbocycles. The fourth-order valence-electron chi connectivity index (χ4n) is 1.65. The van der Waals surface area contributed by atoms with E-state index < -0.39 is 15.6 Å². The summed E-state index contributed by atoms with van der Waals surface area (Å²) in [6.45, 7) is 10.2. The summed E-state index contributed by atoms with van der Waals surface area (Å²) in [5, 5.41) is 0. The van der Waals surface area contributed by atoms with E-state index in [0.29, 0.717) is 13.1 Å². The van der Waals surface area contributed by atoms with Gasteiger partial charge in [-0.1, -0.05) is 0 Å². The maximum Gasteiger partial charge on any atom is 0.237 e. The summed E-state index contributed by atoms with van der Waals surface area (Å²) >= 11 is 0. The van der Waals surface area contributed by atoms with E-state index in [0.717, 1.165) is 6.26 Å². The van der Waals surface area contributed by atoms with Crippen molar-refractivity contribution in [1.82, 2.24) is 9.21 Å². The van der Waals surface area contributed by atoms with Crippen LogP contribution in [-0.4, -0.2) is 55.0 Å². The highest BCUT2D eigenvalue weighted by atomic mass is 32.2. The third kappa shape index (κ3) is 5.04. The van der Waals surface area contributed by atoms with Crippen LogP contribution in [0.1, 0.15) is 34.6 Å². The van der Waals surface area contributed by atoms with Crippen molar-refractivity contribution in [1.29, 1.82) is 0 Å². The molecule has 0 aromatic heterocycles. The van der Waals surface area contributed by atoms with Crippen LogP contribution in [0.2, 0.25) is 0 Å². The lowest BCUT2D eigenvalue weighted by Gasteiger charge is -2.34. The summed E-state index contributed by atoms with van der Waals surface area (Å²) in [6.07, 6.45) is 1.13. The Balaban J connectivity index is 4.98.